The number of fused-ring (bicyclic) bond motifs is 2. The predicted octanol–water partition coefficient (Wildman–Crippen LogP) is 0.688. The van der Waals surface area contributed by atoms with E-state index in [4.69, 9.17) is 0 Å². The Morgan fingerprint density at radius 2 is 2.27 bits per heavy atom. The van der Waals surface area contributed by atoms with Gasteiger partial charge in [-0.15, -0.1) is 0 Å². The Hall–Kier alpha value is -0.0800. The molecular formula is C9H18N2. The van der Waals surface area contributed by atoms with E-state index in [2.05, 4.69) is 24.2 Å². The first-order chi connectivity index (χ1) is 5.25. The van der Waals surface area contributed by atoms with Gasteiger partial charge in [0.2, 0.25) is 0 Å². The van der Waals surface area contributed by atoms with Crippen molar-refractivity contribution in [3.05, 3.63) is 0 Å². The molecule has 2 bridgehead atoms. The minimum Gasteiger partial charge on any atom is -0.310 e. The van der Waals surface area contributed by atoms with Crippen molar-refractivity contribution in [2.24, 2.45) is 5.92 Å². The first kappa shape index (κ1) is 7.56. The number of likely N-dealkylation sites (tertiary alicyclic amines) is 1. The summed E-state index contributed by atoms with van der Waals surface area (Å²) in [5.41, 5.74) is 0. The van der Waals surface area contributed by atoms with Crippen LogP contribution in [0.4, 0.5) is 0 Å². The molecule has 0 spiro atoms. The summed E-state index contributed by atoms with van der Waals surface area (Å²) in [7, 11) is 2.23. The summed E-state index contributed by atoms with van der Waals surface area (Å²) in [6.45, 7) is 4.91. The van der Waals surface area contributed by atoms with Crippen LogP contribution in [0.15, 0.2) is 0 Å². The Morgan fingerprint density at radius 3 is 3.09 bits per heavy atom. The zero-order valence-electron chi connectivity index (χ0n) is 7.51. The summed E-state index contributed by atoms with van der Waals surface area (Å²) in [6, 6.07) is 1.59. The summed E-state index contributed by atoms with van der Waals surface area (Å²) in [5.74, 6) is 0.911. The van der Waals surface area contributed by atoms with Gasteiger partial charge in [-0.05, 0) is 32.4 Å². The molecule has 0 saturated carbocycles. The van der Waals surface area contributed by atoms with Gasteiger partial charge in [-0.3, -0.25) is 0 Å². The van der Waals surface area contributed by atoms with Crippen LogP contribution in [0, 0.1) is 5.92 Å². The molecular weight excluding hydrogens is 136 g/mol. The third-order valence-corrected chi connectivity index (χ3v) is 3.15. The van der Waals surface area contributed by atoms with Gasteiger partial charge in [0.15, 0.2) is 0 Å². The zero-order valence-corrected chi connectivity index (χ0v) is 7.51. The van der Waals surface area contributed by atoms with E-state index >= 15 is 0 Å². The Balaban J connectivity index is 2.02. The molecule has 0 aliphatic carbocycles. The quantitative estimate of drug-likeness (QED) is 0.552. The molecule has 2 saturated heterocycles. The molecule has 0 amide bonds. The van der Waals surface area contributed by atoms with E-state index in [-0.39, 0.29) is 0 Å². The summed E-state index contributed by atoms with van der Waals surface area (Å²) >= 11 is 0. The lowest BCUT2D eigenvalue weighted by Crippen LogP contribution is -2.33. The number of hydrogen-bond acceptors (Lipinski definition) is 2. The van der Waals surface area contributed by atoms with Gasteiger partial charge in [-0.2, -0.15) is 0 Å². The Labute approximate surface area is 69.0 Å². The van der Waals surface area contributed by atoms with Crippen LogP contribution in [-0.4, -0.2) is 37.1 Å². The number of hydrogen-bond donors (Lipinski definition) is 1. The maximum absolute atomic E-state index is 3.69. The van der Waals surface area contributed by atoms with E-state index < -0.39 is 0 Å². The van der Waals surface area contributed by atoms with Gasteiger partial charge < -0.3 is 10.2 Å². The molecule has 1 N–H and O–H groups in total. The van der Waals surface area contributed by atoms with Crippen molar-refractivity contribution in [2.75, 3.05) is 20.1 Å². The van der Waals surface area contributed by atoms with Crippen LogP contribution in [0.2, 0.25) is 0 Å². The fraction of sp³-hybridized carbons (Fsp3) is 1.00. The van der Waals surface area contributed by atoms with Gasteiger partial charge in [0.1, 0.15) is 0 Å². The first-order valence-electron chi connectivity index (χ1n) is 4.70. The Morgan fingerprint density at radius 1 is 1.45 bits per heavy atom. The van der Waals surface area contributed by atoms with Crippen molar-refractivity contribution in [2.45, 2.75) is 31.8 Å². The summed E-state index contributed by atoms with van der Waals surface area (Å²) in [5, 5.41) is 3.69. The Kier molecular flexibility index (Phi) is 1.90. The van der Waals surface area contributed by atoms with Crippen LogP contribution < -0.4 is 5.32 Å². The standard InChI is InChI=1S/C9H18N2/c1-7-5-8-6-11(2)4-3-9(7)10-8/h7-10H,3-6H2,1-2H3/t7-,8+,9?/m0/s1. The van der Waals surface area contributed by atoms with E-state index in [9.17, 15) is 0 Å². The average Bonchev–Trinajstić information content (AvgIpc) is 2.13. The highest BCUT2D eigenvalue weighted by molar-refractivity contribution is 4.92. The highest BCUT2D eigenvalue weighted by atomic mass is 15.2. The fourth-order valence-electron chi connectivity index (χ4n) is 2.47. The average molecular weight is 154 g/mol. The maximum atomic E-state index is 3.69. The molecule has 2 nitrogen and oxygen atoms in total. The number of likely N-dealkylation sites (N-methyl/N-ethyl adjacent to an activating group) is 1. The largest absolute Gasteiger partial charge is 0.310 e. The van der Waals surface area contributed by atoms with E-state index in [1.807, 2.05) is 0 Å². The third-order valence-electron chi connectivity index (χ3n) is 3.15. The van der Waals surface area contributed by atoms with E-state index in [1.165, 1.54) is 25.9 Å². The van der Waals surface area contributed by atoms with Gasteiger partial charge in [-0.1, -0.05) is 6.92 Å². The summed E-state index contributed by atoms with van der Waals surface area (Å²) in [4.78, 5) is 2.45. The second kappa shape index (κ2) is 2.76. The molecule has 0 aromatic heterocycles. The van der Waals surface area contributed by atoms with E-state index in [0.717, 1.165) is 18.0 Å². The lowest BCUT2D eigenvalue weighted by Gasteiger charge is -2.20. The molecule has 11 heavy (non-hydrogen) atoms. The van der Waals surface area contributed by atoms with E-state index in [1.54, 1.807) is 0 Å². The van der Waals surface area contributed by atoms with Gasteiger partial charge in [-0.25, -0.2) is 0 Å². The lowest BCUT2D eigenvalue weighted by molar-refractivity contribution is 0.296. The number of nitrogens with zero attached hydrogens (tertiary/aromatic N) is 1. The molecule has 64 valence electrons. The summed E-state index contributed by atoms with van der Waals surface area (Å²) in [6.07, 6.45) is 2.73. The monoisotopic (exact) mass is 154 g/mol. The highest BCUT2D eigenvalue weighted by Crippen LogP contribution is 2.25. The first-order valence-corrected chi connectivity index (χ1v) is 4.70. The van der Waals surface area contributed by atoms with Crippen LogP contribution in [0.5, 0.6) is 0 Å². The topological polar surface area (TPSA) is 15.3 Å². The van der Waals surface area contributed by atoms with Crippen LogP contribution in [0.3, 0.4) is 0 Å². The van der Waals surface area contributed by atoms with Crippen LogP contribution >= 0.6 is 0 Å². The number of nitrogens with one attached hydrogen (secondary N) is 1. The molecule has 0 aromatic rings. The van der Waals surface area contributed by atoms with Gasteiger partial charge in [0.05, 0.1) is 0 Å². The van der Waals surface area contributed by atoms with Crippen molar-refractivity contribution in [1.29, 1.82) is 0 Å². The second-order valence-electron chi connectivity index (χ2n) is 4.23. The molecule has 0 radical (unpaired) electrons. The summed E-state index contributed by atoms with van der Waals surface area (Å²) < 4.78 is 0. The van der Waals surface area contributed by atoms with Crippen LogP contribution in [0.1, 0.15) is 19.8 Å². The molecule has 2 rings (SSSR count). The molecule has 2 heteroatoms. The van der Waals surface area contributed by atoms with Crippen molar-refractivity contribution < 1.29 is 0 Å². The van der Waals surface area contributed by atoms with Crippen molar-refractivity contribution in [3.8, 4) is 0 Å². The third kappa shape index (κ3) is 1.42. The number of rotatable bonds is 0. The molecule has 2 heterocycles. The van der Waals surface area contributed by atoms with Gasteiger partial charge >= 0.3 is 0 Å². The lowest BCUT2D eigenvalue weighted by atomic mass is 9.97. The fourth-order valence-corrected chi connectivity index (χ4v) is 2.47. The van der Waals surface area contributed by atoms with Gasteiger partial charge in [0, 0.05) is 18.6 Å². The molecule has 0 aromatic carbocycles. The molecule has 3 atom stereocenters. The van der Waals surface area contributed by atoms with Crippen LogP contribution in [0.25, 0.3) is 0 Å². The van der Waals surface area contributed by atoms with Crippen molar-refractivity contribution >= 4 is 0 Å². The highest BCUT2D eigenvalue weighted by Gasteiger charge is 2.33. The van der Waals surface area contributed by atoms with Crippen LogP contribution in [-0.2, 0) is 0 Å². The molecule has 2 fully saturated rings. The SMILES string of the molecule is C[C@H]1C[C@@H]2CN(C)CCC1N2. The Bertz CT molecular complexity index is 144. The van der Waals surface area contributed by atoms with Crippen molar-refractivity contribution in [3.63, 3.8) is 0 Å². The van der Waals surface area contributed by atoms with Gasteiger partial charge in [0.25, 0.3) is 0 Å². The predicted molar refractivity (Wildman–Crippen MR) is 46.6 cm³/mol. The molecule has 2 aliphatic rings. The molecule has 1 unspecified atom stereocenters. The zero-order chi connectivity index (χ0) is 7.84. The minimum atomic E-state index is 0.780. The van der Waals surface area contributed by atoms with Crippen molar-refractivity contribution in [1.82, 2.24) is 10.2 Å². The normalized spacial score (nSPS) is 45.8. The second-order valence-corrected chi connectivity index (χ2v) is 4.23. The molecule has 2 aliphatic heterocycles. The smallest absolute Gasteiger partial charge is 0.0200 e. The maximum Gasteiger partial charge on any atom is 0.0200 e. The minimum absolute atomic E-state index is 0.780. The van der Waals surface area contributed by atoms with E-state index in [0.29, 0.717) is 0 Å².